The minimum absolute atomic E-state index is 0.0143. The number of hydrogen-bond acceptors (Lipinski definition) is 9. The molecule has 2 amide bonds. The molecule has 190 valence electrons. The molecule has 2 aromatic carbocycles. The van der Waals surface area contributed by atoms with Crippen LogP contribution in [0.1, 0.15) is 29.8 Å². The molecule has 1 atom stereocenters. The number of sulfonamides is 1. The summed E-state index contributed by atoms with van der Waals surface area (Å²) in [5, 5.41) is 2.51. The van der Waals surface area contributed by atoms with E-state index in [1.54, 1.807) is 12.1 Å². The molecule has 0 bridgehead atoms. The van der Waals surface area contributed by atoms with E-state index >= 15 is 0 Å². The molecule has 3 N–H and O–H groups in total. The molecule has 0 fully saturated rings. The Kier molecular flexibility index (Phi) is 8.10. The van der Waals surface area contributed by atoms with Gasteiger partial charge in [0.1, 0.15) is 27.7 Å². The van der Waals surface area contributed by atoms with Gasteiger partial charge >= 0.3 is 5.24 Å². The van der Waals surface area contributed by atoms with Gasteiger partial charge in [0.15, 0.2) is 0 Å². The normalized spacial score (nSPS) is 16.5. The van der Waals surface area contributed by atoms with Crippen molar-refractivity contribution >= 4 is 44.7 Å². The first-order valence-electron chi connectivity index (χ1n) is 10.4. The van der Waals surface area contributed by atoms with Crippen LogP contribution in [-0.2, 0) is 16.4 Å². The SMILES string of the molecule is CNSC(=O)NS(=O)(=O)c1cc2c(cc1OC)OC(C)(C)C(NC(=O)c1cc(Cl)ccc1OC)C2. The summed E-state index contributed by atoms with van der Waals surface area (Å²) in [4.78, 5) is 24.7. The van der Waals surface area contributed by atoms with Crippen LogP contribution in [-0.4, -0.2) is 52.5 Å². The quantitative estimate of drug-likeness (QED) is 0.450. The Bertz CT molecular complexity index is 1250. The van der Waals surface area contributed by atoms with Crippen LogP contribution in [0.25, 0.3) is 0 Å². The number of carbonyl (C=O) groups excluding carboxylic acids is 2. The molecule has 35 heavy (non-hydrogen) atoms. The third kappa shape index (κ3) is 5.95. The van der Waals surface area contributed by atoms with Crippen LogP contribution in [0.15, 0.2) is 35.2 Å². The van der Waals surface area contributed by atoms with Crippen molar-refractivity contribution in [3.63, 3.8) is 0 Å². The lowest BCUT2D eigenvalue weighted by Gasteiger charge is -2.40. The summed E-state index contributed by atoms with van der Waals surface area (Å²) in [5.41, 5.74) is -0.0794. The molecule has 13 heteroatoms. The minimum atomic E-state index is -4.24. The number of benzene rings is 2. The number of ether oxygens (including phenoxy) is 3. The van der Waals surface area contributed by atoms with E-state index in [2.05, 4.69) is 10.0 Å². The number of halogens is 1. The van der Waals surface area contributed by atoms with Crippen LogP contribution in [0.4, 0.5) is 4.79 Å². The van der Waals surface area contributed by atoms with Crippen molar-refractivity contribution in [3.8, 4) is 17.2 Å². The maximum absolute atomic E-state index is 13.1. The van der Waals surface area contributed by atoms with Crippen molar-refractivity contribution in [2.24, 2.45) is 0 Å². The molecule has 1 unspecified atom stereocenters. The number of fused-ring (bicyclic) bond motifs is 1. The predicted octanol–water partition coefficient (Wildman–Crippen LogP) is 3.14. The number of rotatable bonds is 7. The lowest BCUT2D eigenvalue weighted by Crippen LogP contribution is -2.55. The Labute approximate surface area is 213 Å². The van der Waals surface area contributed by atoms with Crippen molar-refractivity contribution in [3.05, 3.63) is 46.5 Å². The highest BCUT2D eigenvalue weighted by Crippen LogP contribution is 2.39. The Morgan fingerprint density at radius 3 is 2.46 bits per heavy atom. The van der Waals surface area contributed by atoms with E-state index < -0.39 is 32.8 Å². The second-order valence-corrected chi connectivity index (χ2v) is 11.2. The topological polar surface area (TPSA) is 132 Å². The van der Waals surface area contributed by atoms with Gasteiger partial charge in [-0.1, -0.05) is 11.6 Å². The number of methoxy groups -OCH3 is 2. The highest BCUT2D eigenvalue weighted by atomic mass is 35.5. The van der Waals surface area contributed by atoms with Gasteiger partial charge in [-0.3, -0.25) is 14.3 Å². The van der Waals surface area contributed by atoms with Gasteiger partial charge in [-0.25, -0.2) is 13.1 Å². The summed E-state index contributed by atoms with van der Waals surface area (Å²) >= 11 is 6.66. The van der Waals surface area contributed by atoms with E-state index in [-0.39, 0.29) is 22.6 Å². The molecule has 3 rings (SSSR count). The van der Waals surface area contributed by atoms with E-state index in [0.717, 1.165) is 0 Å². The van der Waals surface area contributed by atoms with E-state index in [1.807, 2.05) is 18.6 Å². The first-order chi connectivity index (χ1) is 16.4. The van der Waals surface area contributed by atoms with Crippen LogP contribution >= 0.6 is 23.5 Å². The highest BCUT2D eigenvalue weighted by molar-refractivity contribution is 8.13. The summed E-state index contributed by atoms with van der Waals surface area (Å²) in [7, 11) is 0.0167. The van der Waals surface area contributed by atoms with Gasteiger partial charge in [0.2, 0.25) is 0 Å². The van der Waals surface area contributed by atoms with Crippen molar-refractivity contribution in [1.29, 1.82) is 0 Å². The van der Waals surface area contributed by atoms with Gasteiger partial charge in [-0.05, 0) is 50.7 Å². The van der Waals surface area contributed by atoms with Crippen LogP contribution < -0.4 is 29.0 Å². The molecule has 0 spiro atoms. The third-order valence-corrected chi connectivity index (χ3v) is 7.60. The minimum Gasteiger partial charge on any atom is -0.496 e. The fourth-order valence-electron chi connectivity index (χ4n) is 3.62. The monoisotopic (exact) mass is 543 g/mol. The van der Waals surface area contributed by atoms with E-state index in [0.29, 0.717) is 34.0 Å². The number of amides is 2. The third-order valence-electron chi connectivity index (χ3n) is 5.40. The fourth-order valence-corrected chi connectivity index (χ4v) is 5.51. The molecule has 0 aliphatic carbocycles. The second-order valence-electron chi connectivity index (χ2n) is 8.09. The van der Waals surface area contributed by atoms with Crippen LogP contribution in [0.3, 0.4) is 0 Å². The van der Waals surface area contributed by atoms with Gasteiger partial charge in [-0.2, -0.15) is 0 Å². The molecule has 1 heterocycles. The largest absolute Gasteiger partial charge is 0.496 e. The van der Waals surface area contributed by atoms with Gasteiger partial charge in [0.25, 0.3) is 15.9 Å². The van der Waals surface area contributed by atoms with E-state index in [1.165, 1.54) is 39.5 Å². The Morgan fingerprint density at radius 2 is 1.83 bits per heavy atom. The number of nitrogens with one attached hydrogen (secondary N) is 3. The summed E-state index contributed by atoms with van der Waals surface area (Å²) in [6.45, 7) is 3.62. The summed E-state index contributed by atoms with van der Waals surface area (Å²) < 4.78 is 46.9. The van der Waals surface area contributed by atoms with Crippen molar-refractivity contribution in [1.82, 2.24) is 14.8 Å². The van der Waals surface area contributed by atoms with Gasteiger partial charge in [0, 0.05) is 29.5 Å². The van der Waals surface area contributed by atoms with Crippen molar-refractivity contribution in [2.45, 2.75) is 36.8 Å². The Hall–Kier alpha value is -2.67. The molecule has 10 nitrogen and oxygen atoms in total. The standard InChI is InChI=1S/C22H26ClN3O7S2/c1-22(2)19(25-20(27)14-10-13(23)6-7-15(14)31-4)9-12-8-18(17(32-5)11-16(12)33-22)35(29,30)26-21(28)34-24-3/h6-8,10-11,19,24H,9H2,1-5H3,(H,25,27)(H,26,28). The van der Waals surface area contributed by atoms with Gasteiger partial charge in [0.05, 0.1) is 25.8 Å². The number of hydrogen-bond donors (Lipinski definition) is 3. The van der Waals surface area contributed by atoms with Crippen molar-refractivity contribution in [2.75, 3.05) is 21.3 Å². The number of carbonyl (C=O) groups is 2. The summed E-state index contributed by atoms with van der Waals surface area (Å²) in [6.07, 6.45) is 0.253. The molecular formula is C22H26ClN3O7S2. The fraction of sp³-hybridized carbons (Fsp3) is 0.364. The highest BCUT2D eigenvalue weighted by Gasteiger charge is 2.40. The smallest absolute Gasteiger partial charge is 0.307 e. The van der Waals surface area contributed by atoms with Crippen LogP contribution in [0.2, 0.25) is 5.02 Å². The second kappa shape index (κ2) is 10.5. The molecule has 0 radical (unpaired) electrons. The Morgan fingerprint density at radius 1 is 1.14 bits per heavy atom. The summed E-state index contributed by atoms with van der Waals surface area (Å²) in [6, 6.07) is 7.01. The van der Waals surface area contributed by atoms with Crippen LogP contribution in [0, 0.1) is 0 Å². The molecule has 2 aromatic rings. The van der Waals surface area contributed by atoms with E-state index in [9.17, 15) is 18.0 Å². The lowest BCUT2D eigenvalue weighted by molar-refractivity contribution is 0.0435. The molecule has 0 saturated heterocycles. The zero-order valence-electron chi connectivity index (χ0n) is 19.7. The van der Waals surface area contributed by atoms with Gasteiger partial charge in [-0.15, -0.1) is 0 Å². The first-order valence-corrected chi connectivity index (χ1v) is 13.0. The Balaban J connectivity index is 1.95. The van der Waals surface area contributed by atoms with E-state index in [4.69, 9.17) is 25.8 Å². The zero-order chi connectivity index (χ0) is 26.0. The zero-order valence-corrected chi connectivity index (χ0v) is 22.1. The first kappa shape index (κ1) is 26.9. The maximum Gasteiger partial charge on any atom is 0.307 e. The molecule has 1 aliphatic rings. The van der Waals surface area contributed by atoms with Crippen LogP contribution in [0.5, 0.6) is 17.2 Å². The van der Waals surface area contributed by atoms with Crippen molar-refractivity contribution < 1.29 is 32.2 Å². The average Bonchev–Trinajstić information content (AvgIpc) is 2.78. The van der Waals surface area contributed by atoms with Gasteiger partial charge < -0.3 is 19.5 Å². The molecule has 0 aromatic heterocycles. The molecular weight excluding hydrogens is 518 g/mol. The molecule has 1 aliphatic heterocycles. The molecule has 0 saturated carbocycles. The summed E-state index contributed by atoms with van der Waals surface area (Å²) in [5.74, 6) is 0.357. The predicted molar refractivity (Wildman–Crippen MR) is 133 cm³/mol. The lowest BCUT2D eigenvalue weighted by atomic mass is 9.88. The maximum atomic E-state index is 13.1. The average molecular weight is 544 g/mol.